The quantitative estimate of drug-likeness (QED) is 0.109. The lowest BCUT2D eigenvalue weighted by molar-refractivity contribution is -0.351. The summed E-state index contributed by atoms with van der Waals surface area (Å²) in [4.78, 5) is 22.5. The maximum Gasteiger partial charge on any atom is 0.572 e. The Balaban J connectivity index is 0.000000239. The van der Waals surface area contributed by atoms with Gasteiger partial charge in [0.15, 0.2) is 0 Å². The lowest BCUT2D eigenvalue weighted by atomic mass is 9.66. The Labute approximate surface area is 250 Å². The molecule has 5 atom stereocenters. The third-order valence-electron chi connectivity index (χ3n) is 8.95. The van der Waals surface area contributed by atoms with Crippen molar-refractivity contribution < 1.29 is 50.5 Å². The first kappa shape index (κ1) is 35.2. The second-order valence-electron chi connectivity index (χ2n) is 12.8. The highest BCUT2D eigenvalue weighted by atomic mass is 19.4. The van der Waals surface area contributed by atoms with E-state index in [0.29, 0.717) is 43.1 Å². The molecule has 2 bridgehead atoms. The molecule has 2 N–H and O–H groups in total. The third kappa shape index (κ3) is 10.4. The van der Waals surface area contributed by atoms with Gasteiger partial charge in [0.1, 0.15) is 6.61 Å². The Morgan fingerprint density at radius 1 is 1.16 bits per heavy atom. The molecular formula is C30H45F5N2O6. The number of rotatable bonds is 13. The topological polar surface area (TPSA) is 95.1 Å². The number of hydrogen-bond acceptors (Lipinski definition) is 6. The Bertz CT molecular complexity index is 1010. The maximum absolute atomic E-state index is 13.0. The summed E-state index contributed by atoms with van der Waals surface area (Å²) in [6, 6.07) is -0.205. The molecule has 5 rings (SSSR count). The SMILES string of the molecule is C=C(CC(CCC)/C(C)=C/OC(F)(F)F)C(C)NC=O.CC12CCC(NC(=O)COC3CCC4OC(F)(F)OC4C3)(C1)C2. The Morgan fingerprint density at radius 3 is 2.42 bits per heavy atom. The highest BCUT2D eigenvalue weighted by Crippen LogP contribution is 2.61. The van der Waals surface area contributed by atoms with Crippen LogP contribution in [0, 0.1) is 11.3 Å². The number of ether oxygens (including phenoxy) is 4. The van der Waals surface area contributed by atoms with Gasteiger partial charge in [0.25, 0.3) is 0 Å². The van der Waals surface area contributed by atoms with Crippen LogP contribution in [0.1, 0.15) is 91.9 Å². The fraction of sp³-hybridized carbons (Fsp3) is 0.800. The van der Waals surface area contributed by atoms with Crippen molar-refractivity contribution in [1.82, 2.24) is 10.6 Å². The first-order valence-electron chi connectivity index (χ1n) is 14.9. The molecule has 1 heterocycles. The molecule has 1 aliphatic heterocycles. The van der Waals surface area contributed by atoms with Crippen LogP contribution >= 0.6 is 0 Å². The normalized spacial score (nSPS) is 32.3. The third-order valence-corrected chi connectivity index (χ3v) is 8.95. The highest BCUT2D eigenvalue weighted by Gasteiger charge is 2.58. The molecule has 0 aromatic rings. The molecule has 0 aromatic heterocycles. The van der Waals surface area contributed by atoms with Crippen LogP contribution in [-0.2, 0) is 28.5 Å². The molecule has 43 heavy (non-hydrogen) atoms. The van der Waals surface area contributed by atoms with E-state index in [1.807, 2.05) is 6.92 Å². The molecule has 246 valence electrons. The lowest BCUT2D eigenvalue weighted by Gasteiger charge is -2.46. The van der Waals surface area contributed by atoms with Crippen LogP contribution in [0.4, 0.5) is 22.0 Å². The summed E-state index contributed by atoms with van der Waals surface area (Å²) in [5, 5.41) is 5.68. The van der Waals surface area contributed by atoms with Crippen LogP contribution < -0.4 is 10.6 Å². The van der Waals surface area contributed by atoms with Gasteiger partial charge in [0.2, 0.25) is 12.3 Å². The number of fused-ring (bicyclic) bond motifs is 2. The summed E-state index contributed by atoms with van der Waals surface area (Å²) in [6.45, 7) is 11.5. The van der Waals surface area contributed by atoms with Crippen molar-refractivity contribution >= 4 is 12.3 Å². The van der Waals surface area contributed by atoms with E-state index in [2.05, 4.69) is 38.3 Å². The molecule has 5 aliphatic rings. The van der Waals surface area contributed by atoms with E-state index in [4.69, 9.17) is 4.74 Å². The molecule has 0 aromatic carbocycles. The number of nitrogens with one attached hydrogen (secondary N) is 2. The predicted molar refractivity (Wildman–Crippen MR) is 147 cm³/mol. The molecule has 2 amide bonds. The Hall–Kier alpha value is -2.25. The Kier molecular flexibility index (Phi) is 11.7. The number of carbonyl (C=O) groups is 2. The summed E-state index contributed by atoms with van der Waals surface area (Å²) in [5.41, 5.74) is 1.69. The maximum atomic E-state index is 13.0. The largest absolute Gasteiger partial charge is 0.572 e. The molecule has 5 fully saturated rings. The lowest BCUT2D eigenvalue weighted by Crippen LogP contribution is -2.55. The minimum absolute atomic E-state index is 0.0161. The first-order valence-corrected chi connectivity index (χ1v) is 14.9. The van der Waals surface area contributed by atoms with Crippen LogP contribution in [0.25, 0.3) is 0 Å². The van der Waals surface area contributed by atoms with Crippen LogP contribution in [0.5, 0.6) is 0 Å². The fourth-order valence-electron chi connectivity index (χ4n) is 6.82. The van der Waals surface area contributed by atoms with E-state index in [1.54, 1.807) is 13.8 Å². The summed E-state index contributed by atoms with van der Waals surface area (Å²) in [6.07, 6.45) is -0.425. The van der Waals surface area contributed by atoms with Crippen molar-refractivity contribution in [2.75, 3.05) is 6.61 Å². The van der Waals surface area contributed by atoms with Gasteiger partial charge in [-0.1, -0.05) is 32.4 Å². The number of carbonyl (C=O) groups excluding carboxylic acids is 2. The van der Waals surface area contributed by atoms with Gasteiger partial charge < -0.3 is 20.1 Å². The Morgan fingerprint density at radius 2 is 1.84 bits per heavy atom. The number of amides is 2. The van der Waals surface area contributed by atoms with Gasteiger partial charge in [-0.3, -0.25) is 19.1 Å². The van der Waals surface area contributed by atoms with Gasteiger partial charge in [-0.15, -0.1) is 22.0 Å². The number of hydrogen-bond donors (Lipinski definition) is 2. The number of alkyl halides is 5. The molecule has 8 nitrogen and oxygen atoms in total. The van der Waals surface area contributed by atoms with Crippen molar-refractivity contribution in [2.45, 2.75) is 134 Å². The summed E-state index contributed by atoms with van der Waals surface area (Å²) in [7, 11) is 0. The second kappa shape index (κ2) is 14.2. The monoisotopic (exact) mass is 624 g/mol. The molecule has 4 saturated carbocycles. The molecule has 5 unspecified atom stereocenters. The average Bonchev–Trinajstić information content (AvgIpc) is 3.50. The number of halogens is 5. The van der Waals surface area contributed by atoms with E-state index in [-0.39, 0.29) is 36.1 Å². The molecule has 1 saturated heterocycles. The number of allylic oxidation sites excluding steroid dienone is 1. The van der Waals surface area contributed by atoms with Gasteiger partial charge in [-0.05, 0) is 82.1 Å². The van der Waals surface area contributed by atoms with E-state index in [0.717, 1.165) is 43.9 Å². The molecular weight excluding hydrogens is 579 g/mol. The van der Waals surface area contributed by atoms with E-state index in [9.17, 15) is 31.5 Å². The van der Waals surface area contributed by atoms with Gasteiger partial charge in [0, 0.05) is 18.0 Å². The minimum Gasteiger partial charge on any atom is -0.414 e. The first-order chi connectivity index (χ1) is 20.0. The van der Waals surface area contributed by atoms with Crippen LogP contribution in [0.3, 0.4) is 0 Å². The van der Waals surface area contributed by atoms with Gasteiger partial charge in [0.05, 0.1) is 24.6 Å². The van der Waals surface area contributed by atoms with E-state index < -0.39 is 24.9 Å². The zero-order chi connectivity index (χ0) is 32.1. The van der Waals surface area contributed by atoms with Gasteiger partial charge in [-0.2, -0.15) is 0 Å². The van der Waals surface area contributed by atoms with Crippen molar-refractivity contribution in [2.24, 2.45) is 11.3 Å². The van der Waals surface area contributed by atoms with Crippen LogP contribution in [0.15, 0.2) is 24.0 Å². The average molecular weight is 625 g/mol. The van der Waals surface area contributed by atoms with Gasteiger partial charge in [-0.25, -0.2) is 0 Å². The molecule has 0 spiro atoms. The predicted octanol–water partition coefficient (Wildman–Crippen LogP) is 6.26. The minimum atomic E-state index is -4.67. The fourth-order valence-corrected chi connectivity index (χ4v) is 6.82. The zero-order valence-electron chi connectivity index (χ0n) is 25.4. The van der Waals surface area contributed by atoms with Crippen molar-refractivity contribution in [3.8, 4) is 0 Å². The van der Waals surface area contributed by atoms with Crippen molar-refractivity contribution in [3.05, 3.63) is 24.0 Å². The van der Waals surface area contributed by atoms with Gasteiger partial charge >= 0.3 is 12.7 Å². The van der Waals surface area contributed by atoms with Crippen LogP contribution in [0.2, 0.25) is 0 Å². The van der Waals surface area contributed by atoms with E-state index >= 15 is 0 Å². The van der Waals surface area contributed by atoms with Crippen molar-refractivity contribution in [3.63, 3.8) is 0 Å². The molecule has 0 radical (unpaired) electrons. The summed E-state index contributed by atoms with van der Waals surface area (Å²) < 4.78 is 80.7. The molecule has 4 aliphatic carbocycles. The van der Waals surface area contributed by atoms with Crippen LogP contribution in [-0.4, -0.2) is 61.5 Å². The standard InChI is InChI=1S/C16H23F2NO4.C14H22F3NO2/c1-14-4-5-15(8-14,9-14)19-13(20)7-21-10-2-3-11-12(6-10)23-16(17,18)22-11;1-5-6-13(7-10(2)12(4)18-9-19)11(3)8-20-14(15,16)17/h10-12H,2-9H2,1H3,(H,19,20);8-9,12-13H,2,5-7H2,1,3-4H3,(H,18,19)/b;11-8+. The second-order valence-corrected chi connectivity index (χ2v) is 12.8. The molecule has 13 heteroatoms. The van der Waals surface area contributed by atoms with E-state index in [1.165, 1.54) is 6.42 Å². The zero-order valence-corrected chi connectivity index (χ0v) is 25.4. The summed E-state index contributed by atoms with van der Waals surface area (Å²) in [5.74, 6) is -0.184. The van der Waals surface area contributed by atoms with Crippen molar-refractivity contribution in [1.29, 1.82) is 0 Å². The highest BCUT2D eigenvalue weighted by molar-refractivity contribution is 5.78. The summed E-state index contributed by atoms with van der Waals surface area (Å²) >= 11 is 0. The smallest absolute Gasteiger partial charge is 0.414 e.